The van der Waals surface area contributed by atoms with Crippen LogP contribution in [0.4, 0.5) is 0 Å². The van der Waals surface area contributed by atoms with Crippen LogP contribution in [0.5, 0.6) is 0 Å². The van der Waals surface area contributed by atoms with E-state index in [0.717, 1.165) is 0 Å². The van der Waals surface area contributed by atoms with Crippen molar-refractivity contribution in [3.8, 4) is 0 Å². The molecule has 56 valence electrons. The molecule has 0 aromatic heterocycles. The average molecular weight is 140 g/mol. The van der Waals surface area contributed by atoms with Gasteiger partial charge in [0.15, 0.2) is 0 Å². The lowest BCUT2D eigenvalue weighted by atomic mass is 10.5. The minimum atomic E-state index is 0.0741. The third kappa shape index (κ3) is 1.93. The van der Waals surface area contributed by atoms with E-state index in [9.17, 15) is 5.11 Å². The van der Waals surface area contributed by atoms with Gasteiger partial charge >= 0.3 is 0 Å². The van der Waals surface area contributed by atoms with Crippen molar-refractivity contribution in [2.45, 2.75) is 6.92 Å². The average Bonchev–Trinajstić information content (AvgIpc) is 2.00. The Morgan fingerprint density at radius 1 is 1.70 bits per heavy atom. The summed E-state index contributed by atoms with van der Waals surface area (Å²) in [6.07, 6.45) is 1.49. The van der Waals surface area contributed by atoms with Crippen LogP contribution in [0.15, 0.2) is 29.4 Å². The number of allylic oxidation sites excluding steroid dienone is 1. The highest BCUT2D eigenvalue weighted by Crippen LogP contribution is 2.04. The van der Waals surface area contributed by atoms with Crippen molar-refractivity contribution in [2.24, 2.45) is 4.99 Å². The summed E-state index contributed by atoms with van der Waals surface area (Å²) in [5.41, 5.74) is 0.488. The Labute approximate surface area is 61.0 Å². The molecular weight excluding hydrogens is 128 g/mol. The summed E-state index contributed by atoms with van der Waals surface area (Å²) in [6, 6.07) is 0. The number of nitrogens with zero attached hydrogens (tertiary/aromatic N) is 2. The van der Waals surface area contributed by atoms with Crippen LogP contribution < -0.4 is 0 Å². The monoisotopic (exact) mass is 140 g/mol. The molecule has 0 fully saturated rings. The van der Waals surface area contributed by atoms with Crippen molar-refractivity contribution >= 4 is 6.72 Å². The molecule has 0 heterocycles. The molecule has 0 aliphatic rings. The van der Waals surface area contributed by atoms with Crippen LogP contribution in [0.1, 0.15) is 6.92 Å². The molecule has 0 saturated heterocycles. The Morgan fingerprint density at radius 2 is 2.20 bits per heavy atom. The summed E-state index contributed by atoms with van der Waals surface area (Å²) in [5, 5.41) is 9.19. The van der Waals surface area contributed by atoms with E-state index in [0.29, 0.717) is 5.70 Å². The van der Waals surface area contributed by atoms with Crippen molar-refractivity contribution in [3.05, 3.63) is 24.4 Å². The predicted molar refractivity (Wildman–Crippen MR) is 42.8 cm³/mol. The van der Waals surface area contributed by atoms with Crippen LogP contribution in [-0.2, 0) is 0 Å². The minimum Gasteiger partial charge on any atom is -0.493 e. The zero-order chi connectivity index (χ0) is 8.15. The van der Waals surface area contributed by atoms with Gasteiger partial charge < -0.3 is 10.0 Å². The summed E-state index contributed by atoms with van der Waals surface area (Å²) in [5.74, 6) is 0.0741. The van der Waals surface area contributed by atoms with E-state index >= 15 is 0 Å². The molecule has 0 atom stereocenters. The first kappa shape index (κ1) is 8.75. The molecule has 0 radical (unpaired) electrons. The van der Waals surface area contributed by atoms with Gasteiger partial charge in [-0.3, -0.25) is 4.99 Å². The van der Waals surface area contributed by atoms with Gasteiger partial charge in [-0.15, -0.1) is 0 Å². The first-order valence-corrected chi connectivity index (χ1v) is 2.85. The van der Waals surface area contributed by atoms with Crippen molar-refractivity contribution in [1.82, 2.24) is 4.90 Å². The maximum absolute atomic E-state index is 9.19. The molecule has 0 saturated carbocycles. The number of aliphatic hydroxyl groups is 1. The highest BCUT2D eigenvalue weighted by molar-refractivity contribution is 5.28. The first-order chi connectivity index (χ1) is 4.63. The minimum absolute atomic E-state index is 0.0741. The normalized spacial score (nSPS) is 11.8. The summed E-state index contributed by atoms with van der Waals surface area (Å²) in [7, 11) is 1.68. The highest BCUT2D eigenvalue weighted by Gasteiger charge is 1.99. The second-order valence-electron chi connectivity index (χ2n) is 1.86. The molecule has 1 N–H and O–H groups in total. The number of aliphatic imine (C=N–C) groups is 1. The van der Waals surface area contributed by atoms with E-state index < -0.39 is 0 Å². The molecule has 3 heteroatoms. The zero-order valence-electron chi connectivity index (χ0n) is 6.33. The van der Waals surface area contributed by atoms with E-state index in [4.69, 9.17) is 0 Å². The van der Waals surface area contributed by atoms with E-state index in [-0.39, 0.29) is 5.88 Å². The molecule has 0 rings (SSSR count). The van der Waals surface area contributed by atoms with E-state index in [2.05, 4.69) is 18.3 Å². The summed E-state index contributed by atoms with van der Waals surface area (Å²) in [6.45, 7) is 8.41. The molecule has 0 aliphatic heterocycles. The molecule has 0 aromatic carbocycles. The van der Waals surface area contributed by atoms with Crippen LogP contribution >= 0.6 is 0 Å². The van der Waals surface area contributed by atoms with Gasteiger partial charge in [0.25, 0.3) is 0 Å². The van der Waals surface area contributed by atoms with E-state index in [1.807, 2.05) is 0 Å². The molecule has 0 amide bonds. The van der Waals surface area contributed by atoms with Gasteiger partial charge in [-0.25, -0.2) is 0 Å². The lowest BCUT2D eigenvalue weighted by Crippen LogP contribution is -2.10. The molecule has 0 aromatic rings. The SMILES string of the molecule is C=CN(C)/C(O)=C(/C)N=C. The summed E-state index contributed by atoms with van der Waals surface area (Å²) < 4.78 is 0. The maximum atomic E-state index is 9.19. The van der Waals surface area contributed by atoms with Crippen molar-refractivity contribution in [2.75, 3.05) is 7.05 Å². The number of hydrogen-bond donors (Lipinski definition) is 1. The second-order valence-corrected chi connectivity index (χ2v) is 1.86. The Kier molecular flexibility index (Phi) is 3.25. The molecule has 0 aliphatic carbocycles. The van der Waals surface area contributed by atoms with Gasteiger partial charge in [0.05, 0.1) is 5.70 Å². The van der Waals surface area contributed by atoms with Crippen LogP contribution in [-0.4, -0.2) is 23.8 Å². The Morgan fingerprint density at radius 3 is 2.50 bits per heavy atom. The lowest BCUT2D eigenvalue weighted by molar-refractivity contribution is 0.276. The molecule has 10 heavy (non-hydrogen) atoms. The fourth-order valence-corrected chi connectivity index (χ4v) is 0.412. The van der Waals surface area contributed by atoms with E-state index in [1.165, 1.54) is 11.1 Å². The maximum Gasteiger partial charge on any atom is 0.212 e. The molecule has 0 spiro atoms. The number of rotatable bonds is 3. The van der Waals surface area contributed by atoms with Gasteiger partial charge in [0.2, 0.25) is 5.88 Å². The predicted octanol–water partition coefficient (Wildman–Crippen LogP) is 1.51. The topological polar surface area (TPSA) is 35.8 Å². The third-order valence-corrected chi connectivity index (χ3v) is 1.17. The standard InChI is InChI=1S/C7H12N2O/c1-5-9(4)7(10)6(2)8-3/h5,10H,1,3H2,2,4H3/b7-6+. The van der Waals surface area contributed by atoms with Gasteiger partial charge in [0.1, 0.15) is 0 Å². The quantitative estimate of drug-likeness (QED) is 0.476. The number of aliphatic hydroxyl groups excluding tert-OH is 1. The van der Waals surface area contributed by atoms with Crippen LogP contribution in [0.25, 0.3) is 0 Å². The van der Waals surface area contributed by atoms with Crippen LogP contribution in [0, 0.1) is 0 Å². The van der Waals surface area contributed by atoms with Crippen molar-refractivity contribution < 1.29 is 5.11 Å². The summed E-state index contributed by atoms with van der Waals surface area (Å²) in [4.78, 5) is 5.01. The van der Waals surface area contributed by atoms with Gasteiger partial charge in [-0.05, 0) is 19.8 Å². The fourth-order valence-electron chi connectivity index (χ4n) is 0.412. The third-order valence-electron chi connectivity index (χ3n) is 1.17. The van der Waals surface area contributed by atoms with Crippen LogP contribution in [0.3, 0.4) is 0 Å². The second kappa shape index (κ2) is 3.71. The van der Waals surface area contributed by atoms with E-state index in [1.54, 1.807) is 14.0 Å². The smallest absolute Gasteiger partial charge is 0.212 e. The molecule has 0 bridgehead atoms. The largest absolute Gasteiger partial charge is 0.493 e. The highest BCUT2D eigenvalue weighted by atomic mass is 16.3. The Hall–Kier alpha value is -1.25. The lowest BCUT2D eigenvalue weighted by Gasteiger charge is -2.12. The van der Waals surface area contributed by atoms with Gasteiger partial charge in [-0.1, -0.05) is 6.58 Å². The molecular formula is C7H12N2O. The summed E-state index contributed by atoms with van der Waals surface area (Å²) >= 11 is 0. The Balaban J connectivity index is 4.43. The van der Waals surface area contributed by atoms with Crippen LogP contribution in [0.2, 0.25) is 0 Å². The van der Waals surface area contributed by atoms with Crippen molar-refractivity contribution in [3.63, 3.8) is 0 Å². The number of hydrogen-bond acceptors (Lipinski definition) is 3. The van der Waals surface area contributed by atoms with Gasteiger partial charge in [0, 0.05) is 7.05 Å². The van der Waals surface area contributed by atoms with Crippen molar-refractivity contribution in [1.29, 1.82) is 0 Å². The first-order valence-electron chi connectivity index (χ1n) is 2.85. The molecule has 0 unspecified atom stereocenters. The zero-order valence-corrected chi connectivity index (χ0v) is 6.33. The molecule has 3 nitrogen and oxygen atoms in total. The fraction of sp³-hybridized carbons (Fsp3) is 0.286. The van der Waals surface area contributed by atoms with Gasteiger partial charge in [-0.2, -0.15) is 0 Å². The Bertz CT molecular complexity index is 172.